The molecule has 0 atom stereocenters. The maximum Gasteiger partial charge on any atom is 0.149 e. The number of benzene rings is 2. The van der Waals surface area contributed by atoms with Gasteiger partial charge in [-0.1, -0.05) is 12.1 Å². The van der Waals surface area contributed by atoms with Gasteiger partial charge in [0, 0.05) is 0 Å². The standard InChI is InChI=1S/C17H12IN3O/c1-10-2-4-14-15(6-10)21-17(20-14)12(9-19)7-11-3-5-16(22)13(18)8-11/h2-8,22H,1H3,(H,20,21)/b12-7-. The predicted octanol–water partition coefficient (Wildman–Crippen LogP) is 4.25. The molecule has 2 aromatic carbocycles. The molecule has 0 radical (unpaired) electrons. The lowest BCUT2D eigenvalue weighted by Gasteiger charge is -1.99. The van der Waals surface area contributed by atoms with E-state index in [1.807, 2.05) is 31.2 Å². The second-order valence-corrected chi connectivity index (χ2v) is 6.15. The molecule has 1 aromatic heterocycles. The third kappa shape index (κ3) is 2.83. The molecule has 0 spiro atoms. The first kappa shape index (κ1) is 14.6. The van der Waals surface area contributed by atoms with Crippen molar-refractivity contribution in [2.24, 2.45) is 0 Å². The molecular formula is C17H12IN3O. The number of H-pyrrole nitrogens is 1. The number of hydrogen-bond donors (Lipinski definition) is 2. The van der Waals surface area contributed by atoms with Gasteiger partial charge in [-0.05, 0) is 71.0 Å². The normalized spacial score (nSPS) is 11.6. The first-order chi connectivity index (χ1) is 10.6. The third-order valence-electron chi connectivity index (χ3n) is 3.30. The summed E-state index contributed by atoms with van der Waals surface area (Å²) in [6, 6.07) is 13.3. The highest BCUT2D eigenvalue weighted by Crippen LogP contribution is 2.24. The summed E-state index contributed by atoms with van der Waals surface area (Å²) < 4.78 is 0.740. The SMILES string of the molecule is Cc1ccc2nc(/C(C#N)=C\c3ccc(O)c(I)c3)[nH]c2c1. The lowest BCUT2D eigenvalue weighted by Crippen LogP contribution is -1.85. The molecule has 0 fully saturated rings. The molecule has 0 saturated heterocycles. The summed E-state index contributed by atoms with van der Waals surface area (Å²) in [5.41, 5.74) is 4.18. The fraction of sp³-hybridized carbons (Fsp3) is 0.0588. The molecule has 108 valence electrons. The van der Waals surface area contributed by atoms with Crippen LogP contribution in [0.2, 0.25) is 0 Å². The Labute approximate surface area is 141 Å². The van der Waals surface area contributed by atoms with Crippen LogP contribution in [0.15, 0.2) is 36.4 Å². The second kappa shape index (κ2) is 5.81. The number of nitriles is 1. The summed E-state index contributed by atoms with van der Waals surface area (Å²) >= 11 is 2.05. The quantitative estimate of drug-likeness (QED) is 0.498. The molecule has 0 bridgehead atoms. The van der Waals surface area contributed by atoms with Crippen molar-refractivity contribution in [3.8, 4) is 11.8 Å². The van der Waals surface area contributed by atoms with E-state index in [4.69, 9.17) is 0 Å². The van der Waals surface area contributed by atoms with Gasteiger partial charge in [-0.15, -0.1) is 0 Å². The number of halogens is 1. The molecular weight excluding hydrogens is 389 g/mol. The van der Waals surface area contributed by atoms with Gasteiger partial charge in [-0.2, -0.15) is 5.26 Å². The van der Waals surface area contributed by atoms with E-state index in [1.54, 1.807) is 18.2 Å². The third-order valence-corrected chi connectivity index (χ3v) is 4.16. The molecule has 3 rings (SSSR count). The minimum atomic E-state index is 0.232. The van der Waals surface area contributed by atoms with Crippen molar-refractivity contribution in [3.63, 3.8) is 0 Å². The van der Waals surface area contributed by atoms with Crippen molar-refractivity contribution in [2.75, 3.05) is 0 Å². The van der Waals surface area contributed by atoms with Crippen LogP contribution >= 0.6 is 22.6 Å². The van der Waals surface area contributed by atoms with E-state index < -0.39 is 0 Å². The topological polar surface area (TPSA) is 72.7 Å². The number of phenols is 1. The molecule has 3 aromatic rings. The molecule has 0 aliphatic rings. The maximum atomic E-state index is 9.56. The van der Waals surface area contributed by atoms with E-state index in [0.717, 1.165) is 25.7 Å². The number of aromatic amines is 1. The summed E-state index contributed by atoms with van der Waals surface area (Å²) in [6.45, 7) is 2.01. The lowest BCUT2D eigenvalue weighted by molar-refractivity contribution is 0.471. The van der Waals surface area contributed by atoms with Crippen LogP contribution in [0.25, 0.3) is 22.7 Å². The van der Waals surface area contributed by atoms with E-state index in [2.05, 4.69) is 38.6 Å². The highest BCUT2D eigenvalue weighted by atomic mass is 127. The monoisotopic (exact) mass is 401 g/mol. The Kier molecular flexibility index (Phi) is 3.86. The summed E-state index contributed by atoms with van der Waals surface area (Å²) in [6.07, 6.45) is 1.76. The fourth-order valence-corrected chi connectivity index (χ4v) is 2.72. The van der Waals surface area contributed by atoms with Gasteiger partial charge in [0.05, 0.1) is 20.2 Å². The Balaban J connectivity index is 2.07. The van der Waals surface area contributed by atoms with Crippen LogP contribution in [0, 0.1) is 21.8 Å². The summed E-state index contributed by atoms with van der Waals surface area (Å²) in [5, 5.41) is 19.0. The Morgan fingerprint density at radius 2 is 2.14 bits per heavy atom. The zero-order valence-corrected chi connectivity index (χ0v) is 13.9. The van der Waals surface area contributed by atoms with E-state index in [1.165, 1.54) is 0 Å². The number of aromatic hydroxyl groups is 1. The summed E-state index contributed by atoms with van der Waals surface area (Å²) in [4.78, 5) is 7.64. The average molecular weight is 401 g/mol. The average Bonchev–Trinajstić information content (AvgIpc) is 2.91. The number of aryl methyl sites for hydroxylation is 1. The number of allylic oxidation sites excluding steroid dienone is 1. The summed E-state index contributed by atoms with van der Waals surface area (Å²) in [5.74, 6) is 0.779. The maximum absolute atomic E-state index is 9.56. The van der Waals surface area contributed by atoms with Gasteiger partial charge in [0.2, 0.25) is 0 Å². The van der Waals surface area contributed by atoms with Crippen molar-refractivity contribution < 1.29 is 5.11 Å². The Hall–Kier alpha value is -2.33. The van der Waals surface area contributed by atoms with Crippen molar-refractivity contribution >= 4 is 45.3 Å². The van der Waals surface area contributed by atoms with E-state index in [0.29, 0.717) is 11.4 Å². The van der Waals surface area contributed by atoms with Crippen LogP contribution in [-0.4, -0.2) is 15.1 Å². The van der Waals surface area contributed by atoms with Crippen molar-refractivity contribution in [3.05, 3.63) is 56.9 Å². The van der Waals surface area contributed by atoms with Gasteiger partial charge >= 0.3 is 0 Å². The lowest BCUT2D eigenvalue weighted by atomic mass is 10.1. The number of aromatic nitrogens is 2. The van der Waals surface area contributed by atoms with Crippen molar-refractivity contribution in [1.29, 1.82) is 5.26 Å². The largest absolute Gasteiger partial charge is 0.507 e. The van der Waals surface area contributed by atoms with E-state index in [-0.39, 0.29) is 5.75 Å². The molecule has 0 unspecified atom stereocenters. The first-order valence-corrected chi connectivity index (χ1v) is 7.72. The van der Waals surface area contributed by atoms with Crippen LogP contribution < -0.4 is 0 Å². The van der Waals surface area contributed by atoms with Gasteiger partial charge in [0.25, 0.3) is 0 Å². The van der Waals surface area contributed by atoms with Crippen molar-refractivity contribution in [2.45, 2.75) is 6.92 Å². The molecule has 0 saturated carbocycles. The Bertz CT molecular complexity index is 935. The Morgan fingerprint density at radius 3 is 2.86 bits per heavy atom. The van der Waals surface area contributed by atoms with Crippen LogP contribution in [0.4, 0.5) is 0 Å². The summed E-state index contributed by atoms with van der Waals surface area (Å²) in [7, 11) is 0. The number of imidazole rings is 1. The number of rotatable bonds is 2. The highest BCUT2D eigenvalue weighted by molar-refractivity contribution is 14.1. The zero-order chi connectivity index (χ0) is 15.7. The molecule has 22 heavy (non-hydrogen) atoms. The minimum Gasteiger partial charge on any atom is -0.507 e. The Morgan fingerprint density at radius 1 is 1.32 bits per heavy atom. The van der Waals surface area contributed by atoms with Crippen LogP contribution in [0.3, 0.4) is 0 Å². The number of hydrogen-bond acceptors (Lipinski definition) is 3. The molecule has 5 heteroatoms. The molecule has 0 aliphatic carbocycles. The van der Waals surface area contributed by atoms with Gasteiger partial charge in [0.15, 0.2) is 0 Å². The molecule has 0 aliphatic heterocycles. The predicted molar refractivity (Wildman–Crippen MR) is 95.1 cm³/mol. The van der Waals surface area contributed by atoms with Gasteiger partial charge in [-0.25, -0.2) is 4.98 Å². The second-order valence-electron chi connectivity index (χ2n) is 4.99. The first-order valence-electron chi connectivity index (χ1n) is 6.64. The number of nitrogens with zero attached hydrogens (tertiary/aromatic N) is 2. The van der Waals surface area contributed by atoms with Gasteiger partial charge < -0.3 is 10.1 Å². The number of nitrogens with one attached hydrogen (secondary N) is 1. The molecule has 1 heterocycles. The van der Waals surface area contributed by atoms with Gasteiger partial charge in [0.1, 0.15) is 17.6 Å². The van der Waals surface area contributed by atoms with Gasteiger partial charge in [-0.3, -0.25) is 0 Å². The molecule has 0 amide bonds. The highest BCUT2D eigenvalue weighted by Gasteiger charge is 2.08. The van der Waals surface area contributed by atoms with E-state index >= 15 is 0 Å². The minimum absolute atomic E-state index is 0.232. The smallest absolute Gasteiger partial charge is 0.149 e. The molecule has 2 N–H and O–H groups in total. The van der Waals surface area contributed by atoms with Crippen molar-refractivity contribution in [1.82, 2.24) is 9.97 Å². The van der Waals surface area contributed by atoms with E-state index in [9.17, 15) is 10.4 Å². The van der Waals surface area contributed by atoms with Crippen LogP contribution in [-0.2, 0) is 0 Å². The van der Waals surface area contributed by atoms with Crippen LogP contribution in [0.5, 0.6) is 5.75 Å². The number of phenolic OH excluding ortho intramolecular Hbond substituents is 1. The fourth-order valence-electron chi connectivity index (χ4n) is 2.18. The number of fused-ring (bicyclic) bond motifs is 1. The zero-order valence-electron chi connectivity index (χ0n) is 11.8. The van der Waals surface area contributed by atoms with Crippen LogP contribution in [0.1, 0.15) is 17.0 Å². The molecule has 4 nitrogen and oxygen atoms in total.